The molecule has 0 amide bonds. The van der Waals surface area contributed by atoms with E-state index in [1.54, 1.807) is 5.56 Å². The summed E-state index contributed by atoms with van der Waals surface area (Å²) in [7, 11) is 0. The minimum atomic E-state index is 0.888. The molecule has 0 spiro atoms. The Bertz CT molecular complexity index is 307. The molecule has 1 nitrogen and oxygen atoms in total. The topological polar surface area (TPSA) is 3.24 Å². The average Bonchev–Trinajstić information content (AvgIpc) is 2.75. The van der Waals surface area contributed by atoms with Crippen LogP contribution in [-0.4, -0.2) is 24.5 Å². The summed E-state index contributed by atoms with van der Waals surface area (Å²) >= 11 is 0. The van der Waals surface area contributed by atoms with Gasteiger partial charge in [0, 0.05) is 13.1 Å². The van der Waals surface area contributed by atoms with Crippen LogP contribution in [0.2, 0.25) is 0 Å². The standard InChI is InChI=1S/C13H17N/c1-2-14-8-11-12(9-14)13(11)10-6-4-3-5-7-10/h3-7,11-13H,2,8-9H2,1H3/t11-,12+,13?. The summed E-state index contributed by atoms with van der Waals surface area (Å²) in [4.78, 5) is 2.58. The van der Waals surface area contributed by atoms with Gasteiger partial charge in [0.25, 0.3) is 0 Å². The van der Waals surface area contributed by atoms with Crippen LogP contribution in [0.5, 0.6) is 0 Å². The first kappa shape index (κ1) is 8.49. The molecule has 0 N–H and O–H groups in total. The summed E-state index contributed by atoms with van der Waals surface area (Å²) in [5.41, 5.74) is 1.57. The maximum atomic E-state index is 2.58. The zero-order chi connectivity index (χ0) is 9.54. The molecular weight excluding hydrogens is 170 g/mol. The number of nitrogens with zero attached hydrogens (tertiary/aromatic N) is 1. The number of rotatable bonds is 2. The third-order valence-corrected chi connectivity index (χ3v) is 3.90. The van der Waals surface area contributed by atoms with E-state index in [0.29, 0.717) is 0 Å². The second-order valence-corrected chi connectivity index (χ2v) is 4.62. The van der Waals surface area contributed by atoms with Crippen LogP contribution in [0.3, 0.4) is 0 Å². The lowest BCUT2D eigenvalue weighted by atomic mass is 10.1. The second kappa shape index (κ2) is 3.09. The summed E-state index contributed by atoms with van der Waals surface area (Å²) in [6.07, 6.45) is 0. The number of hydrogen-bond donors (Lipinski definition) is 0. The van der Waals surface area contributed by atoms with Crippen molar-refractivity contribution >= 4 is 0 Å². The van der Waals surface area contributed by atoms with Gasteiger partial charge in [-0.3, -0.25) is 0 Å². The van der Waals surface area contributed by atoms with E-state index < -0.39 is 0 Å². The third kappa shape index (κ3) is 1.19. The van der Waals surface area contributed by atoms with Crippen LogP contribution < -0.4 is 0 Å². The van der Waals surface area contributed by atoms with Gasteiger partial charge in [-0.1, -0.05) is 37.3 Å². The van der Waals surface area contributed by atoms with Gasteiger partial charge in [0.15, 0.2) is 0 Å². The molecule has 1 aromatic carbocycles. The number of likely N-dealkylation sites (tertiary alicyclic amines) is 1. The molecule has 1 saturated carbocycles. The van der Waals surface area contributed by atoms with Gasteiger partial charge in [-0.15, -0.1) is 0 Å². The van der Waals surface area contributed by atoms with Crippen molar-refractivity contribution < 1.29 is 0 Å². The van der Waals surface area contributed by atoms with Gasteiger partial charge < -0.3 is 4.90 Å². The summed E-state index contributed by atoms with van der Waals surface area (Å²) < 4.78 is 0. The molecule has 1 saturated heterocycles. The summed E-state index contributed by atoms with van der Waals surface area (Å²) in [6, 6.07) is 11.0. The highest BCUT2D eigenvalue weighted by Crippen LogP contribution is 2.57. The maximum absolute atomic E-state index is 2.58. The van der Waals surface area contributed by atoms with E-state index in [0.717, 1.165) is 17.8 Å². The average molecular weight is 187 g/mol. The third-order valence-electron chi connectivity index (χ3n) is 3.90. The fourth-order valence-electron chi connectivity index (χ4n) is 3.04. The predicted octanol–water partition coefficient (Wildman–Crippen LogP) is 2.35. The Kier molecular flexibility index (Phi) is 1.88. The van der Waals surface area contributed by atoms with E-state index >= 15 is 0 Å². The van der Waals surface area contributed by atoms with Crippen LogP contribution in [0, 0.1) is 11.8 Å². The fourth-order valence-corrected chi connectivity index (χ4v) is 3.04. The van der Waals surface area contributed by atoms with Crippen LogP contribution >= 0.6 is 0 Å². The molecule has 2 aliphatic rings. The Hall–Kier alpha value is -0.820. The molecule has 3 atom stereocenters. The van der Waals surface area contributed by atoms with Gasteiger partial charge in [-0.25, -0.2) is 0 Å². The predicted molar refractivity (Wildman–Crippen MR) is 58.3 cm³/mol. The molecule has 0 aromatic heterocycles. The van der Waals surface area contributed by atoms with Gasteiger partial charge in [-0.2, -0.15) is 0 Å². The smallest absolute Gasteiger partial charge is 0.00190 e. The van der Waals surface area contributed by atoms with Crippen LogP contribution in [0.4, 0.5) is 0 Å². The molecule has 0 bridgehead atoms. The molecule has 3 rings (SSSR count). The van der Waals surface area contributed by atoms with Crippen molar-refractivity contribution in [2.45, 2.75) is 12.8 Å². The lowest BCUT2D eigenvalue weighted by Gasteiger charge is -2.16. The first-order chi connectivity index (χ1) is 6.90. The van der Waals surface area contributed by atoms with Crippen LogP contribution in [0.15, 0.2) is 30.3 Å². The van der Waals surface area contributed by atoms with E-state index in [1.165, 1.54) is 19.6 Å². The van der Waals surface area contributed by atoms with Crippen molar-refractivity contribution in [3.63, 3.8) is 0 Å². The lowest BCUT2D eigenvalue weighted by Crippen LogP contribution is -2.23. The quantitative estimate of drug-likeness (QED) is 0.687. The first-order valence-electron chi connectivity index (χ1n) is 5.67. The SMILES string of the molecule is CCN1C[C@@H]2C(c3ccccc3)[C@@H]2C1. The van der Waals surface area contributed by atoms with Crippen LogP contribution in [0.1, 0.15) is 18.4 Å². The van der Waals surface area contributed by atoms with Crippen molar-refractivity contribution in [1.29, 1.82) is 0 Å². The molecule has 1 heterocycles. The highest BCUT2D eigenvalue weighted by molar-refractivity contribution is 5.30. The van der Waals surface area contributed by atoms with E-state index in [4.69, 9.17) is 0 Å². The van der Waals surface area contributed by atoms with Crippen molar-refractivity contribution in [2.24, 2.45) is 11.8 Å². The monoisotopic (exact) mass is 187 g/mol. The van der Waals surface area contributed by atoms with Crippen molar-refractivity contribution in [3.05, 3.63) is 35.9 Å². The molecular formula is C13H17N. The van der Waals surface area contributed by atoms with Gasteiger partial charge in [0.05, 0.1) is 0 Å². The van der Waals surface area contributed by atoms with Crippen molar-refractivity contribution in [3.8, 4) is 0 Å². The molecule has 2 fully saturated rings. The zero-order valence-corrected chi connectivity index (χ0v) is 8.69. The summed E-state index contributed by atoms with van der Waals surface area (Å²) in [5, 5.41) is 0. The lowest BCUT2D eigenvalue weighted by molar-refractivity contribution is 0.314. The normalized spacial score (nSPS) is 35.6. The Morgan fingerprint density at radius 1 is 1.14 bits per heavy atom. The number of hydrogen-bond acceptors (Lipinski definition) is 1. The Labute approximate surface area is 85.7 Å². The Morgan fingerprint density at radius 3 is 2.36 bits per heavy atom. The van der Waals surface area contributed by atoms with Gasteiger partial charge in [0.1, 0.15) is 0 Å². The molecule has 1 aliphatic carbocycles. The fraction of sp³-hybridized carbons (Fsp3) is 0.538. The van der Waals surface area contributed by atoms with Gasteiger partial charge >= 0.3 is 0 Å². The minimum absolute atomic E-state index is 0.888. The highest BCUT2D eigenvalue weighted by atomic mass is 15.2. The van der Waals surface area contributed by atoms with E-state index in [1.807, 2.05) is 0 Å². The molecule has 14 heavy (non-hydrogen) atoms. The van der Waals surface area contributed by atoms with E-state index in [9.17, 15) is 0 Å². The number of benzene rings is 1. The van der Waals surface area contributed by atoms with Gasteiger partial charge in [-0.05, 0) is 29.9 Å². The highest BCUT2D eigenvalue weighted by Gasteiger charge is 2.55. The largest absolute Gasteiger partial charge is 0.303 e. The number of fused-ring (bicyclic) bond motifs is 1. The minimum Gasteiger partial charge on any atom is -0.303 e. The maximum Gasteiger partial charge on any atom is 0.00190 e. The zero-order valence-electron chi connectivity index (χ0n) is 8.69. The van der Waals surface area contributed by atoms with Gasteiger partial charge in [0.2, 0.25) is 0 Å². The summed E-state index contributed by atoms with van der Waals surface area (Å²) in [6.45, 7) is 6.16. The number of piperidine rings is 1. The molecule has 1 aromatic rings. The van der Waals surface area contributed by atoms with Crippen LogP contribution in [0.25, 0.3) is 0 Å². The molecule has 1 aliphatic heterocycles. The van der Waals surface area contributed by atoms with E-state index in [2.05, 4.69) is 42.2 Å². The second-order valence-electron chi connectivity index (χ2n) is 4.62. The van der Waals surface area contributed by atoms with Crippen molar-refractivity contribution in [2.75, 3.05) is 19.6 Å². The molecule has 1 unspecified atom stereocenters. The van der Waals surface area contributed by atoms with E-state index in [-0.39, 0.29) is 0 Å². The molecule has 1 heteroatoms. The van der Waals surface area contributed by atoms with Crippen LogP contribution in [-0.2, 0) is 0 Å². The Balaban J connectivity index is 1.71. The first-order valence-corrected chi connectivity index (χ1v) is 5.67. The summed E-state index contributed by atoms with van der Waals surface area (Å²) in [5.74, 6) is 2.83. The van der Waals surface area contributed by atoms with Crippen molar-refractivity contribution in [1.82, 2.24) is 4.90 Å². The molecule has 0 radical (unpaired) electrons. The Morgan fingerprint density at radius 2 is 1.79 bits per heavy atom. The molecule has 74 valence electrons.